The summed E-state index contributed by atoms with van der Waals surface area (Å²) in [6.07, 6.45) is 8.29. The normalized spacial score (nSPS) is 17.1. The van der Waals surface area contributed by atoms with Crippen LogP contribution in [0.25, 0.3) is 0 Å². The molecule has 0 spiro atoms. The molecule has 3 aromatic rings. The van der Waals surface area contributed by atoms with Gasteiger partial charge in [0.25, 0.3) is 0 Å². The monoisotopic (exact) mass is 533 g/mol. The van der Waals surface area contributed by atoms with Crippen LogP contribution in [0.1, 0.15) is 43.2 Å². The summed E-state index contributed by atoms with van der Waals surface area (Å²) in [6, 6.07) is 15.6. The number of anilines is 5. The van der Waals surface area contributed by atoms with Crippen molar-refractivity contribution in [2.45, 2.75) is 51.6 Å². The van der Waals surface area contributed by atoms with Crippen molar-refractivity contribution in [1.29, 1.82) is 0 Å². The van der Waals surface area contributed by atoms with Crippen LogP contribution >= 0.6 is 11.6 Å². The minimum absolute atomic E-state index is 0.482. The maximum absolute atomic E-state index is 6.47. The number of rotatable bonds is 8. The molecular weight excluding hydrogens is 494 g/mol. The molecular formula is C30H40ClN7. The molecule has 2 saturated heterocycles. The van der Waals surface area contributed by atoms with Gasteiger partial charge >= 0.3 is 0 Å². The van der Waals surface area contributed by atoms with Gasteiger partial charge in [0.15, 0.2) is 5.82 Å². The van der Waals surface area contributed by atoms with E-state index in [1.807, 2.05) is 18.2 Å². The number of para-hydroxylation sites is 1. The summed E-state index contributed by atoms with van der Waals surface area (Å²) in [7, 11) is 4.11. The van der Waals surface area contributed by atoms with E-state index >= 15 is 0 Å². The Morgan fingerprint density at radius 1 is 0.947 bits per heavy atom. The number of aryl methyl sites for hydroxylation is 1. The second-order valence-electron chi connectivity index (χ2n) is 10.8. The number of nitrogens with zero attached hydrogens (tertiary/aromatic N) is 5. The second kappa shape index (κ2) is 12.3. The van der Waals surface area contributed by atoms with Crippen LogP contribution in [0.2, 0.25) is 5.02 Å². The Kier molecular flexibility index (Phi) is 8.67. The molecule has 0 saturated carbocycles. The average Bonchev–Trinajstić information content (AvgIpc) is 2.93. The molecule has 2 fully saturated rings. The first-order valence-corrected chi connectivity index (χ1v) is 14.2. The largest absolute Gasteiger partial charge is 0.371 e. The number of hydrogen-bond donors (Lipinski definition) is 2. The number of likely N-dealkylation sites (tertiary alicyclic amines) is 1. The van der Waals surface area contributed by atoms with E-state index < -0.39 is 0 Å². The summed E-state index contributed by atoms with van der Waals surface area (Å²) < 4.78 is 0. The van der Waals surface area contributed by atoms with Crippen LogP contribution in [0.4, 0.5) is 28.8 Å². The number of piperidine rings is 2. The fourth-order valence-electron chi connectivity index (χ4n) is 5.64. The van der Waals surface area contributed by atoms with Crippen LogP contribution in [0.3, 0.4) is 0 Å². The highest BCUT2D eigenvalue weighted by atomic mass is 35.5. The van der Waals surface area contributed by atoms with Crippen molar-refractivity contribution in [3.8, 4) is 0 Å². The van der Waals surface area contributed by atoms with E-state index in [2.05, 4.69) is 75.6 Å². The molecule has 8 heteroatoms. The van der Waals surface area contributed by atoms with E-state index in [4.69, 9.17) is 16.6 Å². The molecule has 1 aromatic heterocycles. The SMILES string of the molecule is Cc1cc(N2CCC(N3CCCCC3)CC2)ccc1Nc1ncc(Cl)c(Nc2ccccc2CN(C)C)n1. The topological polar surface area (TPSA) is 59.6 Å². The molecule has 0 unspecified atom stereocenters. The van der Waals surface area contributed by atoms with Gasteiger partial charge in [0.2, 0.25) is 5.95 Å². The minimum atomic E-state index is 0.482. The third-order valence-electron chi connectivity index (χ3n) is 7.69. The number of aromatic nitrogens is 2. The standard InChI is InChI=1S/C30H40ClN7/c1-22-19-25(38-17-13-24(14-18-38)37-15-7-4-8-16-37)11-12-27(22)34-30-32-20-26(31)29(35-30)33-28-10-6-5-9-23(28)21-36(2)3/h5-6,9-12,19-20,24H,4,7-8,13-18,21H2,1-3H3,(H2,32,33,34,35). The average molecular weight is 534 g/mol. The van der Waals surface area contributed by atoms with Crippen LogP contribution in [-0.4, -0.2) is 66.1 Å². The highest BCUT2D eigenvalue weighted by Gasteiger charge is 2.25. The number of halogens is 1. The lowest BCUT2D eigenvalue weighted by Gasteiger charge is -2.41. The predicted octanol–water partition coefficient (Wildman–Crippen LogP) is 6.44. The molecule has 38 heavy (non-hydrogen) atoms. The Balaban J connectivity index is 1.24. The van der Waals surface area contributed by atoms with Gasteiger partial charge in [-0.1, -0.05) is 36.2 Å². The lowest BCUT2D eigenvalue weighted by Crippen LogP contribution is -2.46. The summed E-state index contributed by atoms with van der Waals surface area (Å²) in [5.74, 6) is 1.10. The summed E-state index contributed by atoms with van der Waals surface area (Å²) in [5, 5.41) is 7.29. The van der Waals surface area contributed by atoms with Crippen molar-refractivity contribution in [3.63, 3.8) is 0 Å². The van der Waals surface area contributed by atoms with Crippen LogP contribution in [0.15, 0.2) is 48.7 Å². The molecule has 5 rings (SSSR count). The fourth-order valence-corrected chi connectivity index (χ4v) is 5.78. The number of hydrogen-bond acceptors (Lipinski definition) is 7. The molecule has 0 amide bonds. The van der Waals surface area contributed by atoms with Crippen LogP contribution in [-0.2, 0) is 6.54 Å². The van der Waals surface area contributed by atoms with E-state index in [1.54, 1.807) is 6.20 Å². The molecule has 2 aliphatic heterocycles. The number of benzene rings is 2. The maximum atomic E-state index is 6.47. The number of nitrogens with one attached hydrogen (secondary N) is 2. The Morgan fingerprint density at radius 2 is 1.71 bits per heavy atom. The molecule has 2 aliphatic rings. The summed E-state index contributed by atoms with van der Waals surface area (Å²) >= 11 is 6.47. The molecule has 0 aliphatic carbocycles. The molecule has 7 nitrogen and oxygen atoms in total. The third kappa shape index (κ3) is 6.57. The summed E-state index contributed by atoms with van der Waals surface area (Å²) in [4.78, 5) is 16.5. The molecule has 0 radical (unpaired) electrons. The van der Waals surface area contributed by atoms with Crippen molar-refractivity contribution in [1.82, 2.24) is 19.8 Å². The molecule has 0 atom stereocenters. The van der Waals surface area contributed by atoms with E-state index in [9.17, 15) is 0 Å². The smallest absolute Gasteiger partial charge is 0.229 e. The third-order valence-corrected chi connectivity index (χ3v) is 7.97. The zero-order valence-corrected chi connectivity index (χ0v) is 23.6. The first-order valence-electron chi connectivity index (χ1n) is 13.8. The molecule has 2 N–H and O–H groups in total. The van der Waals surface area contributed by atoms with E-state index in [1.165, 1.54) is 62.0 Å². The Bertz CT molecular complexity index is 1220. The fraction of sp³-hybridized carbons (Fsp3) is 0.467. The van der Waals surface area contributed by atoms with Crippen molar-refractivity contribution in [2.75, 3.05) is 55.8 Å². The van der Waals surface area contributed by atoms with Crippen molar-refractivity contribution in [2.24, 2.45) is 0 Å². The van der Waals surface area contributed by atoms with E-state index in [-0.39, 0.29) is 0 Å². The lowest BCUT2D eigenvalue weighted by atomic mass is 9.99. The Hall–Kier alpha value is -2.87. The van der Waals surface area contributed by atoms with Gasteiger partial charge in [-0.15, -0.1) is 0 Å². The van der Waals surface area contributed by atoms with E-state index in [0.29, 0.717) is 16.8 Å². The van der Waals surface area contributed by atoms with Gasteiger partial charge in [-0.05, 0) is 95.2 Å². The van der Waals surface area contributed by atoms with Gasteiger partial charge in [0.1, 0.15) is 5.02 Å². The van der Waals surface area contributed by atoms with Gasteiger partial charge in [0.05, 0.1) is 6.20 Å². The van der Waals surface area contributed by atoms with E-state index in [0.717, 1.165) is 37.1 Å². The minimum Gasteiger partial charge on any atom is -0.371 e. The quantitative estimate of drug-likeness (QED) is 0.345. The predicted molar refractivity (Wildman–Crippen MR) is 159 cm³/mol. The first-order chi connectivity index (χ1) is 18.5. The van der Waals surface area contributed by atoms with Crippen molar-refractivity contribution >= 4 is 40.4 Å². The molecule has 0 bridgehead atoms. The molecule has 3 heterocycles. The van der Waals surface area contributed by atoms with Gasteiger partial charge in [-0.3, -0.25) is 0 Å². The molecule has 202 valence electrons. The van der Waals surface area contributed by atoms with Crippen LogP contribution in [0.5, 0.6) is 0 Å². The van der Waals surface area contributed by atoms with Crippen LogP contribution in [0, 0.1) is 6.92 Å². The van der Waals surface area contributed by atoms with Crippen LogP contribution < -0.4 is 15.5 Å². The maximum Gasteiger partial charge on any atom is 0.229 e. The second-order valence-corrected chi connectivity index (χ2v) is 11.3. The summed E-state index contributed by atoms with van der Waals surface area (Å²) in [6.45, 7) is 7.78. The van der Waals surface area contributed by atoms with Crippen molar-refractivity contribution < 1.29 is 0 Å². The van der Waals surface area contributed by atoms with Crippen molar-refractivity contribution in [3.05, 3.63) is 64.8 Å². The summed E-state index contributed by atoms with van der Waals surface area (Å²) in [5.41, 5.74) is 5.62. The Morgan fingerprint density at radius 3 is 2.45 bits per heavy atom. The van der Waals surface area contributed by atoms with Gasteiger partial charge in [-0.2, -0.15) is 4.98 Å². The zero-order chi connectivity index (χ0) is 26.5. The Labute approximate surface area is 232 Å². The first kappa shape index (κ1) is 26.7. The van der Waals surface area contributed by atoms with Gasteiger partial charge in [-0.25, -0.2) is 4.98 Å². The molecule has 2 aromatic carbocycles. The van der Waals surface area contributed by atoms with Gasteiger partial charge in [0, 0.05) is 42.7 Å². The highest BCUT2D eigenvalue weighted by Crippen LogP contribution is 2.30. The lowest BCUT2D eigenvalue weighted by molar-refractivity contribution is 0.141. The zero-order valence-electron chi connectivity index (χ0n) is 22.9. The van der Waals surface area contributed by atoms with Gasteiger partial charge < -0.3 is 25.3 Å². The highest BCUT2D eigenvalue weighted by molar-refractivity contribution is 6.32.